The smallest absolute Gasteiger partial charge is 0.239 e. The number of methoxy groups -OCH3 is 1. The molecule has 0 N–H and O–H groups in total. The molecule has 196 valence electrons. The van der Waals surface area contributed by atoms with E-state index in [1.807, 2.05) is 67.4 Å². The van der Waals surface area contributed by atoms with Crippen molar-refractivity contribution in [3.63, 3.8) is 0 Å². The topological polar surface area (TPSA) is 104 Å². The zero-order valence-electron chi connectivity index (χ0n) is 22.2. The molecular formula is C29H32N6O3. The number of hydrogen-bond donors (Lipinski definition) is 0. The molecule has 0 bridgehead atoms. The summed E-state index contributed by atoms with van der Waals surface area (Å²) in [5.74, 6) is 0.955. The van der Waals surface area contributed by atoms with Gasteiger partial charge in [0.2, 0.25) is 11.8 Å². The molecule has 4 rings (SSSR count). The zero-order valence-corrected chi connectivity index (χ0v) is 22.2. The number of unbranched alkanes of at least 4 members (excludes halogenated alkanes) is 1. The maximum Gasteiger partial charge on any atom is 0.239 e. The summed E-state index contributed by atoms with van der Waals surface area (Å²) in [6.45, 7) is 3.23. The number of nitrogens with zero attached hydrogens (tertiary/aromatic N) is 6. The molecule has 0 aliphatic heterocycles. The van der Waals surface area contributed by atoms with Crippen LogP contribution in [0.1, 0.15) is 42.5 Å². The molecule has 0 aliphatic rings. The van der Waals surface area contributed by atoms with Crippen molar-refractivity contribution in [2.75, 3.05) is 39.2 Å². The van der Waals surface area contributed by atoms with Gasteiger partial charge >= 0.3 is 0 Å². The van der Waals surface area contributed by atoms with Crippen LogP contribution in [-0.2, 0) is 4.79 Å². The summed E-state index contributed by atoms with van der Waals surface area (Å²) in [5, 5.41) is 11.6. The number of anilines is 1. The molecule has 0 aliphatic carbocycles. The lowest BCUT2D eigenvalue weighted by Gasteiger charge is -2.20. The fraction of sp³-hybridized carbons (Fsp3) is 0.345. The lowest BCUT2D eigenvalue weighted by atomic mass is 9.97. The zero-order chi connectivity index (χ0) is 27.2. The van der Waals surface area contributed by atoms with Gasteiger partial charge in [-0.15, -0.1) is 0 Å². The fourth-order valence-corrected chi connectivity index (χ4v) is 4.54. The summed E-state index contributed by atoms with van der Waals surface area (Å²) in [4.78, 5) is 37.8. The summed E-state index contributed by atoms with van der Waals surface area (Å²) in [6.07, 6.45) is 4.80. The lowest BCUT2D eigenvalue weighted by molar-refractivity contribution is -0.128. The Kier molecular flexibility index (Phi) is 8.22. The number of amides is 1. The van der Waals surface area contributed by atoms with E-state index >= 15 is 0 Å². The second kappa shape index (κ2) is 11.7. The number of aromatic nitrogens is 3. The van der Waals surface area contributed by atoms with Gasteiger partial charge in [-0.25, -0.2) is 9.97 Å². The maximum atomic E-state index is 13.5. The number of nitriles is 1. The van der Waals surface area contributed by atoms with E-state index in [-0.39, 0.29) is 24.2 Å². The Labute approximate surface area is 222 Å². The minimum absolute atomic E-state index is 0.0646. The van der Waals surface area contributed by atoms with Crippen LogP contribution in [0.2, 0.25) is 0 Å². The van der Waals surface area contributed by atoms with Crippen LogP contribution in [0, 0.1) is 11.3 Å². The van der Waals surface area contributed by atoms with Crippen molar-refractivity contribution in [3.8, 4) is 11.8 Å². The van der Waals surface area contributed by atoms with Crippen LogP contribution in [0.3, 0.4) is 0 Å². The largest absolute Gasteiger partial charge is 0.497 e. The summed E-state index contributed by atoms with van der Waals surface area (Å²) in [6, 6.07) is 15.7. The first-order chi connectivity index (χ1) is 18.3. The van der Waals surface area contributed by atoms with Gasteiger partial charge < -0.3 is 14.5 Å². The molecule has 1 unspecified atom stereocenters. The van der Waals surface area contributed by atoms with Crippen LogP contribution >= 0.6 is 0 Å². The fourth-order valence-electron chi connectivity index (χ4n) is 4.54. The van der Waals surface area contributed by atoms with E-state index in [1.165, 1.54) is 6.33 Å². The summed E-state index contributed by atoms with van der Waals surface area (Å²) >= 11 is 0. The van der Waals surface area contributed by atoms with Gasteiger partial charge in [0, 0.05) is 33.4 Å². The van der Waals surface area contributed by atoms with E-state index in [0.717, 1.165) is 52.7 Å². The van der Waals surface area contributed by atoms with Crippen molar-refractivity contribution in [2.24, 2.45) is 0 Å². The van der Waals surface area contributed by atoms with E-state index in [9.17, 15) is 9.59 Å². The van der Waals surface area contributed by atoms with Crippen molar-refractivity contribution in [3.05, 3.63) is 60.6 Å². The molecule has 2 heterocycles. The Morgan fingerprint density at radius 1 is 1.05 bits per heavy atom. The van der Waals surface area contributed by atoms with Gasteiger partial charge in [0.1, 0.15) is 24.3 Å². The monoisotopic (exact) mass is 512 g/mol. The number of carbonyl (C=O) groups is 2. The molecule has 1 atom stereocenters. The molecular weight excluding hydrogens is 480 g/mol. The summed E-state index contributed by atoms with van der Waals surface area (Å²) in [7, 11) is 5.32. The van der Waals surface area contributed by atoms with Gasteiger partial charge in [0.25, 0.3) is 0 Å². The molecule has 0 fully saturated rings. The van der Waals surface area contributed by atoms with Crippen LogP contribution in [-0.4, -0.2) is 65.5 Å². The Morgan fingerprint density at radius 3 is 2.55 bits per heavy atom. The highest BCUT2D eigenvalue weighted by molar-refractivity contribution is 5.98. The average Bonchev–Trinajstić information content (AvgIpc) is 3.38. The minimum atomic E-state index is -0.367. The first-order valence-corrected chi connectivity index (χ1v) is 12.6. The van der Waals surface area contributed by atoms with E-state index in [2.05, 4.69) is 9.97 Å². The predicted molar refractivity (Wildman–Crippen MR) is 147 cm³/mol. The third-order valence-corrected chi connectivity index (χ3v) is 6.89. The van der Waals surface area contributed by atoms with Crippen LogP contribution in [0.4, 0.5) is 5.82 Å². The molecule has 0 saturated heterocycles. The summed E-state index contributed by atoms with van der Waals surface area (Å²) < 4.78 is 6.92. The number of ether oxygens (including phenoxy) is 1. The van der Waals surface area contributed by atoms with Crippen LogP contribution in [0.5, 0.6) is 5.75 Å². The number of hydrogen-bond acceptors (Lipinski definition) is 7. The van der Waals surface area contributed by atoms with Gasteiger partial charge in [-0.3, -0.25) is 14.2 Å². The van der Waals surface area contributed by atoms with E-state index in [1.54, 1.807) is 29.8 Å². The summed E-state index contributed by atoms with van der Waals surface area (Å²) in [5.41, 5.74) is 1.50. The molecule has 38 heavy (non-hydrogen) atoms. The number of fused-ring (bicyclic) bond motifs is 2. The highest BCUT2D eigenvalue weighted by atomic mass is 16.5. The molecule has 0 radical (unpaired) electrons. The number of carbonyl (C=O) groups excluding carboxylic acids is 2. The van der Waals surface area contributed by atoms with Crippen molar-refractivity contribution in [2.45, 2.75) is 32.1 Å². The quantitative estimate of drug-likeness (QED) is 0.285. The SMILES string of the molecule is COc1ccc2cc(C(C)C(=O)n3ccc4c(N(C)CCCCN(C)C(=O)CC#N)ncnc43)ccc2c1. The van der Waals surface area contributed by atoms with Gasteiger partial charge in [0.15, 0.2) is 5.65 Å². The van der Waals surface area contributed by atoms with Crippen LogP contribution in [0.25, 0.3) is 21.8 Å². The van der Waals surface area contributed by atoms with Crippen molar-refractivity contribution in [1.82, 2.24) is 19.4 Å². The first-order valence-electron chi connectivity index (χ1n) is 12.6. The highest BCUT2D eigenvalue weighted by Crippen LogP contribution is 2.28. The third kappa shape index (κ3) is 5.59. The Bertz CT molecular complexity index is 1510. The first kappa shape index (κ1) is 26.6. The molecule has 0 saturated carbocycles. The molecule has 0 spiro atoms. The number of rotatable bonds is 10. The van der Waals surface area contributed by atoms with Crippen LogP contribution < -0.4 is 9.64 Å². The third-order valence-electron chi connectivity index (χ3n) is 6.89. The average molecular weight is 513 g/mol. The second-order valence-electron chi connectivity index (χ2n) is 9.43. The molecule has 4 aromatic rings. The van der Waals surface area contributed by atoms with E-state index in [4.69, 9.17) is 10.00 Å². The van der Waals surface area contributed by atoms with Gasteiger partial charge in [0.05, 0.1) is 24.5 Å². The van der Waals surface area contributed by atoms with E-state index < -0.39 is 0 Å². The second-order valence-corrected chi connectivity index (χ2v) is 9.43. The Morgan fingerprint density at radius 2 is 1.79 bits per heavy atom. The molecule has 9 heteroatoms. The standard InChI is InChI=1S/C29H32N6O3/c1-20(21-7-8-23-18-24(38-4)10-9-22(23)17-21)29(37)35-16-12-25-27(31-19-32-28(25)35)34(3)15-6-5-14-33(2)26(36)11-13-30/h7-10,12,16-20H,5-6,11,14-15H2,1-4H3. The van der Waals surface area contributed by atoms with E-state index in [0.29, 0.717) is 12.2 Å². The molecule has 1 amide bonds. The van der Waals surface area contributed by atoms with Crippen molar-refractivity contribution < 1.29 is 14.3 Å². The Balaban J connectivity index is 1.46. The minimum Gasteiger partial charge on any atom is -0.497 e. The normalized spacial score (nSPS) is 11.8. The predicted octanol–water partition coefficient (Wildman–Crippen LogP) is 4.63. The van der Waals surface area contributed by atoms with Crippen molar-refractivity contribution in [1.29, 1.82) is 5.26 Å². The number of benzene rings is 2. The molecule has 2 aromatic carbocycles. The molecule has 2 aromatic heterocycles. The highest BCUT2D eigenvalue weighted by Gasteiger charge is 2.21. The van der Waals surface area contributed by atoms with Gasteiger partial charge in [-0.1, -0.05) is 24.3 Å². The van der Waals surface area contributed by atoms with Gasteiger partial charge in [-0.05, 0) is 54.3 Å². The van der Waals surface area contributed by atoms with Crippen LogP contribution in [0.15, 0.2) is 55.0 Å². The van der Waals surface area contributed by atoms with Crippen molar-refractivity contribution >= 4 is 39.4 Å². The Hall–Kier alpha value is -4.45. The maximum absolute atomic E-state index is 13.5. The van der Waals surface area contributed by atoms with Gasteiger partial charge in [-0.2, -0.15) is 5.26 Å². The molecule has 9 nitrogen and oxygen atoms in total. The lowest BCUT2D eigenvalue weighted by Crippen LogP contribution is -2.28.